The maximum Gasteiger partial charge on any atom is 0.157 e. The average molecular weight is 461 g/mol. The van der Waals surface area contributed by atoms with Crippen LogP contribution in [0.5, 0.6) is 0 Å². The van der Waals surface area contributed by atoms with Crippen LogP contribution in [-0.2, 0) is 15.9 Å². The zero-order valence-corrected chi connectivity index (χ0v) is 21.5. The molecular formula is C30H49FO2. The first kappa shape index (κ1) is 26.7. The van der Waals surface area contributed by atoms with E-state index in [1.807, 2.05) is 0 Å². The summed E-state index contributed by atoms with van der Waals surface area (Å²) >= 11 is 0. The third kappa shape index (κ3) is 9.32. The molecule has 33 heavy (non-hydrogen) atoms. The van der Waals surface area contributed by atoms with Crippen LogP contribution in [-0.4, -0.2) is 19.5 Å². The van der Waals surface area contributed by atoms with Crippen molar-refractivity contribution in [1.82, 2.24) is 0 Å². The molecule has 3 rings (SSSR count). The number of ether oxygens (including phenoxy) is 2. The van der Waals surface area contributed by atoms with Crippen molar-refractivity contribution in [2.45, 2.75) is 129 Å². The van der Waals surface area contributed by atoms with Crippen molar-refractivity contribution >= 4 is 0 Å². The van der Waals surface area contributed by atoms with Crippen molar-refractivity contribution in [3.8, 4) is 0 Å². The van der Waals surface area contributed by atoms with Gasteiger partial charge in [0.1, 0.15) is 5.82 Å². The van der Waals surface area contributed by atoms with Crippen LogP contribution in [0.2, 0.25) is 0 Å². The average Bonchev–Trinajstić information content (AvgIpc) is 2.84. The predicted octanol–water partition coefficient (Wildman–Crippen LogP) is 8.96. The van der Waals surface area contributed by atoms with E-state index >= 15 is 0 Å². The van der Waals surface area contributed by atoms with E-state index in [0.29, 0.717) is 11.8 Å². The van der Waals surface area contributed by atoms with E-state index < -0.39 is 0 Å². The summed E-state index contributed by atoms with van der Waals surface area (Å²) in [6.07, 6.45) is 19.6. The summed E-state index contributed by atoms with van der Waals surface area (Å²) in [6, 6.07) is 5.97. The van der Waals surface area contributed by atoms with E-state index in [1.54, 1.807) is 6.07 Å². The molecule has 0 N–H and O–H groups in total. The number of halogens is 1. The van der Waals surface area contributed by atoms with Gasteiger partial charge in [0.2, 0.25) is 0 Å². The van der Waals surface area contributed by atoms with Crippen LogP contribution < -0.4 is 0 Å². The molecule has 188 valence electrons. The Bertz CT molecular complexity index is 645. The number of hydrogen-bond donors (Lipinski definition) is 0. The minimum Gasteiger partial charge on any atom is -0.352 e. The van der Waals surface area contributed by atoms with Gasteiger partial charge in [0.05, 0.1) is 13.2 Å². The Kier molecular flexibility index (Phi) is 12.2. The summed E-state index contributed by atoms with van der Waals surface area (Å²) in [5.74, 6) is 1.81. The molecule has 0 unspecified atom stereocenters. The number of rotatable bonds is 14. The largest absolute Gasteiger partial charge is 0.352 e. The topological polar surface area (TPSA) is 18.5 Å². The lowest BCUT2D eigenvalue weighted by molar-refractivity contribution is -0.203. The maximum atomic E-state index is 15.0. The van der Waals surface area contributed by atoms with E-state index in [9.17, 15) is 4.39 Å². The highest BCUT2D eigenvalue weighted by Crippen LogP contribution is 2.39. The van der Waals surface area contributed by atoms with Crippen LogP contribution in [0.1, 0.15) is 127 Å². The van der Waals surface area contributed by atoms with Crippen molar-refractivity contribution < 1.29 is 13.9 Å². The number of unbranched alkanes of at least 4 members (excludes halogenated alkanes) is 6. The minimum absolute atomic E-state index is 0.00279. The molecule has 1 saturated carbocycles. The third-order valence-electron chi connectivity index (χ3n) is 7.99. The number of aryl methyl sites for hydroxylation is 1. The fraction of sp³-hybridized carbons (Fsp3) is 0.800. The molecular weight excluding hydrogens is 411 g/mol. The monoisotopic (exact) mass is 460 g/mol. The van der Waals surface area contributed by atoms with Gasteiger partial charge in [-0.3, -0.25) is 0 Å². The summed E-state index contributed by atoms with van der Waals surface area (Å²) in [4.78, 5) is 0. The Morgan fingerprint density at radius 3 is 2.09 bits per heavy atom. The first-order valence-corrected chi connectivity index (χ1v) is 14.2. The van der Waals surface area contributed by atoms with Crippen LogP contribution >= 0.6 is 0 Å². The molecule has 3 heteroatoms. The molecule has 1 aromatic carbocycles. The lowest BCUT2D eigenvalue weighted by Gasteiger charge is -2.30. The zero-order chi connectivity index (χ0) is 23.3. The fourth-order valence-corrected chi connectivity index (χ4v) is 5.74. The van der Waals surface area contributed by atoms with Gasteiger partial charge in [-0.2, -0.15) is 0 Å². The molecule has 0 radical (unpaired) electrons. The van der Waals surface area contributed by atoms with Crippen molar-refractivity contribution in [2.24, 2.45) is 11.8 Å². The van der Waals surface area contributed by atoms with Gasteiger partial charge in [0, 0.05) is 12.3 Å². The zero-order valence-electron chi connectivity index (χ0n) is 21.5. The van der Waals surface area contributed by atoms with E-state index in [4.69, 9.17) is 9.47 Å². The molecule has 1 aliphatic carbocycles. The SMILES string of the molecule is CCCCCCCC1CCC(c2ccc(CCC3OCC(CCCCC)CO3)cc2F)CC1. The molecule has 0 spiro atoms. The second kappa shape index (κ2) is 15.1. The van der Waals surface area contributed by atoms with Gasteiger partial charge in [0.15, 0.2) is 6.29 Å². The van der Waals surface area contributed by atoms with Gasteiger partial charge in [-0.1, -0.05) is 83.8 Å². The normalized spacial score (nSPS) is 25.9. The Morgan fingerprint density at radius 1 is 0.758 bits per heavy atom. The van der Waals surface area contributed by atoms with Crippen molar-refractivity contribution in [1.29, 1.82) is 0 Å². The quantitative estimate of drug-likeness (QED) is 0.258. The van der Waals surface area contributed by atoms with Crippen LogP contribution in [0.25, 0.3) is 0 Å². The van der Waals surface area contributed by atoms with Gasteiger partial charge in [-0.25, -0.2) is 4.39 Å². The van der Waals surface area contributed by atoms with E-state index in [2.05, 4.69) is 26.0 Å². The second-order valence-electron chi connectivity index (χ2n) is 10.8. The summed E-state index contributed by atoms with van der Waals surface area (Å²) < 4.78 is 26.8. The highest BCUT2D eigenvalue weighted by atomic mass is 19.1. The fourth-order valence-electron chi connectivity index (χ4n) is 5.74. The smallest absolute Gasteiger partial charge is 0.157 e. The van der Waals surface area contributed by atoms with Crippen molar-refractivity contribution in [2.75, 3.05) is 13.2 Å². The Labute approximate surface area is 203 Å². The standard InChI is InChI=1S/C30H49FO2/c1-3-5-7-8-10-11-24-13-17-27(18-14-24)28-19-15-25(21-29(28)31)16-20-30-32-22-26(23-33-30)12-9-6-4-2/h15,19,21,24,26-27,30H,3-14,16-18,20,22-23H2,1-2H3. The highest BCUT2D eigenvalue weighted by Gasteiger charge is 2.25. The van der Waals surface area contributed by atoms with Gasteiger partial charge < -0.3 is 9.47 Å². The van der Waals surface area contributed by atoms with Gasteiger partial charge >= 0.3 is 0 Å². The molecule has 1 aliphatic heterocycles. The third-order valence-corrected chi connectivity index (χ3v) is 7.99. The summed E-state index contributed by atoms with van der Waals surface area (Å²) in [7, 11) is 0. The number of hydrogen-bond acceptors (Lipinski definition) is 2. The first-order valence-electron chi connectivity index (χ1n) is 14.2. The van der Waals surface area contributed by atoms with E-state index in [0.717, 1.165) is 55.9 Å². The molecule has 0 atom stereocenters. The molecule has 2 nitrogen and oxygen atoms in total. The van der Waals surface area contributed by atoms with Crippen LogP contribution in [0.3, 0.4) is 0 Å². The van der Waals surface area contributed by atoms with Crippen LogP contribution in [0.4, 0.5) is 4.39 Å². The van der Waals surface area contributed by atoms with E-state index in [1.165, 1.54) is 77.0 Å². The first-order chi connectivity index (χ1) is 16.2. The lowest BCUT2D eigenvalue weighted by atomic mass is 9.76. The molecule has 1 aromatic rings. The molecule has 0 bridgehead atoms. The Morgan fingerprint density at radius 2 is 1.39 bits per heavy atom. The van der Waals surface area contributed by atoms with Crippen molar-refractivity contribution in [3.05, 3.63) is 35.1 Å². The van der Waals surface area contributed by atoms with Crippen LogP contribution in [0, 0.1) is 17.7 Å². The second-order valence-corrected chi connectivity index (χ2v) is 10.8. The predicted molar refractivity (Wildman–Crippen MR) is 136 cm³/mol. The van der Waals surface area contributed by atoms with Gasteiger partial charge in [0.25, 0.3) is 0 Å². The molecule has 1 saturated heterocycles. The molecule has 1 heterocycles. The molecule has 2 fully saturated rings. The van der Waals surface area contributed by atoms with E-state index in [-0.39, 0.29) is 12.1 Å². The van der Waals surface area contributed by atoms with Gasteiger partial charge in [-0.05, 0) is 67.6 Å². The molecule has 0 aromatic heterocycles. The molecule has 0 amide bonds. The van der Waals surface area contributed by atoms with Gasteiger partial charge in [-0.15, -0.1) is 0 Å². The summed E-state index contributed by atoms with van der Waals surface area (Å²) in [5.41, 5.74) is 2.01. The van der Waals surface area contributed by atoms with Crippen molar-refractivity contribution in [3.63, 3.8) is 0 Å². The Balaban J connectivity index is 1.35. The lowest BCUT2D eigenvalue weighted by Crippen LogP contribution is -2.32. The van der Waals surface area contributed by atoms with Crippen LogP contribution in [0.15, 0.2) is 18.2 Å². The highest BCUT2D eigenvalue weighted by molar-refractivity contribution is 5.28. The summed E-state index contributed by atoms with van der Waals surface area (Å²) in [6.45, 7) is 6.13. The Hall–Kier alpha value is -0.930. The number of benzene rings is 1. The maximum absolute atomic E-state index is 15.0. The summed E-state index contributed by atoms with van der Waals surface area (Å²) in [5, 5.41) is 0. The molecule has 2 aliphatic rings. The minimum atomic E-state index is -0.132.